The van der Waals surface area contributed by atoms with Crippen molar-refractivity contribution in [2.24, 2.45) is 0 Å². The van der Waals surface area contributed by atoms with Crippen LogP contribution >= 0.6 is 0 Å². The lowest BCUT2D eigenvalue weighted by Gasteiger charge is -2.10. The summed E-state index contributed by atoms with van der Waals surface area (Å²) in [4.78, 5) is 11.0. The van der Waals surface area contributed by atoms with Crippen LogP contribution in [0.2, 0.25) is 0 Å². The Balaban J connectivity index is 2.40. The van der Waals surface area contributed by atoms with Crippen molar-refractivity contribution in [2.75, 3.05) is 17.4 Å². The summed E-state index contributed by atoms with van der Waals surface area (Å²) in [5, 5.41) is 12.9. The molecule has 0 radical (unpaired) electrons. The lowest BCUT2D eigenvalue weighted by Crippen LogP contribution is -2.09. The van der Waals surface area contributed by atoms with Gasteiger partial charge in [0.1, 0.15) is 0 Å². The number of amides is 1. The number of hydrogen-bond acceptors (Lipinski definition) is 3. The van der Waals surface area contributed by atoms with E-state index in [0.717, 1.165) is 16.3 Å². The zero-order chi connectivity index (χ0) is 9.42. The molecule has 1 aliphatic rings. The van der Waals surface area contributed by atoms with E-state index in [4.69, 9.17) is 5.21 Å². The minimum absolute atomic E-state index is 0.00717. The number of nitrogens with zero attached hydrogens (tertiary/aromatic N) is 1. The number of hydrogen-bond donors (Lipinski definition) is 2. The standard InChI is InChI=1S/C9H10N2O2/c1-11(13)7-2-3-8-6(4-7)5-9(12)10-8/h2-4,13H,5H2,1H3,(H,10,12). The predicted molar refractivity (Wildman–Crippen MR) is 49.0 cm³/mol. The summed E-state index contributed by atoms with van der Waals surface area (Å²) in [5.74, 6) is 0.00717. The molecule has 4 nitrogen and oxygen atoms in total. The Labute approximate surface area is 75.7 Å². The molecular weight excluding hydrogens is 168 g/mol. The largest absolute Gasteiger partial charge is 0.326 e. The summed E-state index contributed by atoms with van der Waals surface area (Å²) in [5.41, 5.74) is 2.47. The first-order valence-corrected chi connectivity index (χ1v) is 4.02. The fourth-order valence-electron chi connectivity index (χ4n) is 1.42. The second kappa shape index (κ2) is 2.74. The first-order valence-electron chi connectivity index (χ1n) is 4.02. The van der Waals surface area contributed by atoms with Crippen LogP contribution in [0.15, 0.2) is 18.2 Å². The molecule has 1 amide bonds. The quantitative estimate of drug-likeness (QED) is 0.631. The highest BCUT2D eigenvalue weighted by Crippen LogP contribution is 2.26. The van der Waals surface area contributed by atoms with Gasteiger partial charge in [0.15, 0.2) is 0 Å². The first-order chi connectivity index (χ1) is 6.16. The van der Waals surface area contributed by atoms with Crippen molar-refractivity contribution >= 4 is 17.3 Å². The van der Waals surface area contributed by atoms with E-state index in [1.807, 2.05) is 0 Å². The van der Waals surface area contributed by atoms with E-state index in [0.29, 0.717) is 12.1 Å². The highest BCUT2D eigenvalue weighted by molar-refractivity contribution is 5.99. The van der Waals surface area contributed by atoms with Crippen LogP contribution in [-0.4, -0.2) is 18.2 Å². The van der Waals surface area contributed by atoms with E-state index in [2.05, 4.69) is 5.32 Å². The van der Waals surface area contributed by atoms with E-state index < -0.39 is 0 Å². The van der Waals surface area contributed by atoms with Crippen LogP contribution in [0.3, 0.4) is 0 Å². The van der Waals surface area contributed by atoms with Crippen LogP contribution in [0.1, 0.15) is 5.56 Å². The van der Waals surface area contributed by atoms with Gasteiger partial charge in [0, 0.05) is 12.7 Å². The van der Waals surface area contributed by atoms with E-state index in [1.165, 1.54) is 0 Å². The van der Waals surface area contributed by atoms with Gasteiger partial charge in [-0.15, -0.1) is 0 Å². The van der Waals surface area contributed by atoms with E-state index in [9.17, 15) is 4.79 Å². The Morgan fingerprint density at radius 3 is 3.00 bits per heavy atom. The maximum atomic E-state index is 11.0. The van der Waals surface area contributed by atoms with Gasteiger partial charge >= 0.3 is 0 Å². The fraction of sp³-hybridized carbons (Fsp3) is 0.222. The maximum absolute atomic E-state index is 11.0. The monoisotopic (exact) mass is 178 g/mol. The van der Waals surface area contributed by atoms with Gasteiger partial charge in [0.2, 0.25) is 5.91 Å². The third-order valence-electron chi connectivity index (χ3n) is 2.09. The van der Waals surface area contributed by atoms with Crippen LogP contribution in [0.25, 0.3) is 0 Å². The van der Waals surface area contributed by atoms with Gasteiger partial charge in [-0.1, -0.05) is 0 Å². The summed E-state index contributed by atoms with van der Waals surface area (Å²) >= 11 is 0. The molecule has 0 spiro atoms. The Bertz CT molecular complexity index is 361. The number of anilines is 2. The number of carbonyl (C=O) groups is 1. The summed E-state index contributed by atoms with van der Waals surface area (Å²) < 4.78 is 0. The molecule has 0 saturated carbocycles. The number of rotatable bonds is 1. The van der Waals surface area contributed by atoms with Crippen molar-refractivity contribution in [3.63, 3.8) is 0 Å². The SMILES string of the molecule is CN(O)c1ccc2c(c1)CC(=O)N2. The Hall–Kier alpha value is -1.55. The van der Waals surface area contributed by atoms with Crippen molar-refractivity contribution < 1.29 is 10.0 Å². The van der Waals surface area contributed by atoms with E-state index in [-0.39, 0.29) is 5.91 Å². The van der Waals surface area contributed by atoms with Crippen LogP contribution in [0.5, 0.6) is 0 Å². The molecule has 4 heteroatoms. The van der Waals surface area contributed by atoms with Gasteiger partial charge in [-0.05, 0) is 23.8 Å². The summed E-state index contributed by atoms with van der Waals surface area (Å²) in [6.45, 7) is 0. The third kappa shape index (κ3) is 1.36. The van der Waals surface area contributed by atoms with Crippen LogP contribution in [0.4, 0.5) is 11.4 Å². The van der Waals surface area contributed by atoms with Crippen LogP contribution in [-0.2, 0) is 11.2 Å². The lowest BCUT2D eigenvalue weighted by atomic mass is 10.1. The maximum Gasteiger partial charge on any atom is 0.228 e. The fourth-order valence-corrected chi connectivity index (χ4v) is 1.42. The molecule has 1 aliphatic heterocycles. The second-order valence-electron chi connectivity index (χ2n) is 3.09. The highest BCUT2D eigenvalue weighted by Gasteiger charge is 2.17. The van der Waals surface area contributed by atoms with Crippen molar-refractivity contribution in [2.45, 2.75) is 6.42 Å². The highest BCUT2D eigenvalue weighted by atomic mass is 16.5. The molecule has 0 unspecified atom stereocenters. The van der Waals surface area contributed by atoms with Crippen molar-refractivity contribution in [3.8, 4) is 0 Å². The molecule has 2 N–H and O–H groups in total. The first kappa shape index (κ1) is 8.07. The van der Waals surface area contributed by atoms with Gasteiger partial charge in [-0.3, -0.25) is 15.1 Å². The second-order valence-corrected chi connectivity index (χ2v) is 3.09. The minimum atomic E-state index is 0.00717. The predicted octanol–water partition coefficient (Wildman–Crippen LogP) is 1.01. The molecule has 0 atom stereocenters. The lowest BCUT2D eigenvalue weighted by molar-refractivity contribution is -0.115. The van der Waals surface area contributed by atoms with Crippen molar-refractivity contribution in [1.82, 2.24) is 0 Å². The van der Waals surface area contributed by atoms with Crippen LogP contribution in [0, 0.1) is 0 Å². The average molecular weight is 178 g/mol. The molecule has 0 aliphatic carbocycles. The molecule has 1 heterocycles. The molecule has 0 fully saturated rings. The van der Waals surface area contributed by atoms with Gasteiger partial charge < -0.3 is 5.32 Å². The zero-order valence-electron chi connectivity index (χ0n) is 7.24. The molecule has 2 rings (SSSR count). The topological polar surface area (TPSA) is 52.6 Å². The molecule has 0 saturated heterocycles. The zero-order valence-corrected chi connectivity index (χ0v) is 7.24. The molecule has 1 aromatic carbocycles. The summed E-state index contributed by atoms with van der Waals surface area (Å²) in [6, 6.07) is 5.35. The minimum Gasteiger partial charge on any atom is -0.326 e. The smallest absolute Gasteiger partial charge is 0.228 e. The number of hydroxylamine groups is 1. The molecule has 13 heavy (non-hydrogen) atoms. The van der Waals surface area contributed by atoms with Gasteiger partial charge in [0.05, 0.1) is 12.1 Å². The van der Waals surface area contributed by atoms with Gasteiger partial charge in [0.25, 0.3) is 0 Å². The van der Waals surface area contributed by atoms with Gasteiger partial charge in [-0.25, -0.2) is 0 Å². The van der Waals surface area contributed by atoms with E-state index >= 15 is 0 Å². The molecule has 68 valence electrons. The molecular formula is C9H10N2O2. The Morgan fingerprint density at radius 1 is 1.54 bits per heavy atom. The Morgan fingerprint density at radius 2 is 2.31 bits per heavy atom. The average Bonchev–Trinajstić information content (AvgIpc) is 2.42. The molecule has 0 aromatic heterocycles. The summed E-state index contributed by atoms with van der Waals surface area (Å²) in [7, 11) is 1.55. The van der Waals surface area contributed by atoms with Crippen molar-refractivity contribution in [1.29, 1.82) is 0 Å². The number of nitrogens with one attached hydrogen (secondary N) is 1. The third-order valence-corrected chi connectivity index (χ3v) is 2.09. The van der Waals surface area contributed by atoms with Crippen LogP contribution < -0.4 is 10.4 Å². The number of fused-ring (bicyclic) bond motifs is 1. The summed E-state index contributed by atoms with van der Waals surface area (Å²) in [6.07, 6.45) is 0.400. The van der Waals surface area contributed by atoms with E-state index in [1.54, 1.807) is 25.2 Å². The number of carbonyl (C=O) groups excluding carboxylic acids is 1. The molecule has 0 bridgehead atoms. The number of benzene rings is 1. The Kier molecular flexibility index (Phi) is 1.70. The normalized spacial score (nSPS) is 13.8. The molecule has 1 aromatic rings. The van der Waals surface area contributed by atoms with Crippen molar-refractivity contribution in [3.05, 3.63) is 23.8 Å². The van der Waals surface area contributed by atoms with Gasteiger partial charge in [-0.2, -0.15) is 0 Å².